The van der Waals surface area contributed by atoms with Crippen LogP contribution in [0.1, 0.15) is 61.3 Å². The van der Waals surface area contributed by atoms with Crippen LogP contribution in [-0.4, -0.2) is 86.2 Å². The zero-order valence-electron chi connectivity index (χ0n) is 28.5. The number of hydrogen-bond acceptors (Lipinski definition) is 10. The van der Waals surface area contributed by atoms with Gasteiger partial charge in [-0.2, -0.15) is 0 Å². The lowest BCUT2D eigenvalue weighted by Crippen LogP contribution is -2.38. The first-order valence-electron chi connectivity index (χ1n) is 15.2. The Morgan fingerprint density at radius 3 is 2.28 bits per heavy atom. The number of hydrogen-bond donors (Lipinski definition) is 3. The molecular formula is C34H49N3O9. The van der Waals surface area contributed by atoms with E-state index in [2.05, 4.69) is 10.3 Å². The molecule has 0 fully saturated rings. The summed E-state index contributed by atoms with van der Waals surface area (Å²) in [5.74, 6) is -2.64. The average molecular weight is 644 g/mol. The van der Waals surface area contributed by atoms with Crippen LogP contribution in [-0.2, 0) is 33.3 Å². The van der Waals surface area contributed by atoms with Crippen molar-refractivity contribution in [1.29, 1.82) is 0 Å². The van der Waals surface area contributed by atoms with Crippen molar-refractivity contribution in [3.8, 4) is 0 Å². The number of nitrogens with one attached hydrogen (secondary N) is 1. The fraction of sp³-hybridized carbons (Fsp3) is 0.559. The summed E-state index contributed by atoms with van der Waals surface area (Å²) in [6.07, 6.45) is 3.67. The van der Waals surface area contributed by atoms with Crippen LogP contribution in [0, 0.1) is 11.8 Å². The summed E-state index contributed by atoms with van der Waals surface area (Å²) in [5.41, 5.74) is 5.38. The van der Waals surface area contributed by atoms with Crippen LogP contribution < -0.4 is 11.1 Å². The molecule has 0 aromatic heterocycles. The number of nitrogens with two attached hydrogens (primary N) is 1. The van der Waals surface area contributed by atoms with Crippen LogP contribution in [0.4, 0.5) is 4.79 Å². The molecule has 0 radical (unpaired) electrons. The maximum atomic E-state index is 14.0. The highest BCUT2D eigenvalue weighted by Crippen LogP contribution is 2.31. The van der Waals surface area contributed by atoms with Gasteiger partial charge in [0.15, 0.2) is 11.9 Å². The first-order chi connectivity index (χ1) is 21.4. The summed E-state index contributed by atoms with van der Waals surface area (Å²) in [7, 11) is 4.22. The minimum Gasteiger partial charge on any atom is -0.492 e. The second kappa shape index (κ2) is 16.6. The summed E-state index contributed by atoms with van der Waals surface area (Å²) in [4.78, 5) is 57.3. The molecule has 12 heteroatoms. The van der Waals surface area contributed by atoms with Gasteiger partial charge in [0.25, 0.3) is 5.91 Å². The highest BCUT2D eigenvalue weighted by molar-refractivity contribution is 6.32. The molecule has 2 bridgehead atoms. The lowest BCUT2D eigenvalue weighted by atomic mass is 9.84. The van der Waals surface area contributed by atoms with Crippen molar-refractivity contribution in [2.75, 3.05) is 21.3 Å². The molecule has 12 nitrogen and oxygen atoms in total. The quantitative estimate of drug-likeness (QED) is 0.229. The van der Waals surface area contributed by atoms with Gasteiger partial charge >= 0.3 is 6.09 Å². The molecule has 1 aliphatic heterocycles. The second-order valence-corrected chi connectivity index (χ2v) is 12.7. The molecule has 0 saturated carbocycles. The Labute approximate surface area is 271 Å². The Morgan fingerprint density at radius 1 is 1.09 bits per heavy atom. The molecule has 0 aromatic carbocycles. The number of allylic oxidation sites excluding steroid dienone is 4. The summed E-state index contributed by atoms with van der Waals surface area (Å²) in [6, 6.07) is 0. The van der Waals surface area contributed by atoms with Gasteiger partial charge in [-0.05, 0) is 59.0 Å². The summed E-state index contributed by atoms with van der Waals surface area (Å²) in [5, 5.41) is 13.9. The molecule has 46 heavy (non-hydrogen) atoms. The number of nitrogens with zero attached hydrogens (tertiary/aromatic N) is 1. The maximum absolute atomic E-state index is 14.0. The topological polar surface area (TPSA) is 176 Å². The number of carbonyl (C=O) groups is 4. The first-order valence-corrected chi connectivity index (χ1v) is 15.2. The fourth-order valence-corrected chi connectivity index (χ4v) is 5.25. The number of primary amides is 1. The smallest absolute Gasteiger partial charge is 0.405 e. The van der Waals surface area contributed by atoms with Crippen LogP contribution in [0.5, 0.6) is 0 Å². The van der Waals surface area contributed by atoms with E-state index in [-0.39, 0.29) is 40.5 Å². The van der Waals surface area contributed by atoms with E-state index in [0.29, 0.717) is 12.0 Å². The van der Waals surface area contributed by atoms with Crippen LogP contribution in [0.2, 0.25) is 0 Å². The van der Waals surface area contributed by atoms with Crippen LogP contribution in [0.15, 0.2) is 63.0 Å². The third-order valence-electron chi connectivity index (χ3n) is 7.72. The molecular weight excluding hydrogens is 594 g/mol. The molecule has 0 aromatic rings. The highest BCUT2D eigenvalue weighted by Gasteiger charge is 2.37. The van der Waals surface area contributed by atoms with Crippen molar-refractivity contribution in [2.45, 2.75) is 91.3 Å². The van der Waals surface area contributed by atoms with E-state index in [9.17, 15) is 24.3 Å². The van der Waals surface area contributed by atoms with Gasteiger partial charge in [0.2, 0.25) is 11.6 Å². The van der Waals surface area contributed by atoms with Crippen LogP contribution >= 0.6 is 0 Å². The van der Waals surface area contributed by atoms with E-state index in [1.807, 2.05) is 27.7 Å². The highest BCUT2D eigenvalue weighted by atomic mass is 16.6. The maximum Gasteiger partial charge on any atom is 0.405 e. The lowest BCUT2D eigenvalue weighted by molar-refractivity contribution is -0.121. The van der Waals surface area contributed by atoms with Crippen molar-refractivity contribution >= 4 is 29.8 Å². The number of fused-ring (bicyclic) bond motifs is 2. The predicted octanol–water partition coefficient (Wildman–Crippen LogP) is 3.65. The van der Waals surface area contributed by atoms with Gasteiger partial charge in [-0.15, -0.1) is 0 Å². The Kier molecular flexibility index (Phi) is 13.8. The largest absolute Gasteiger partial charge is 0.492 e. The van der Waals surface area contributed by atoms with Crippen molar-refractivity contribution in [3.05, 3.63) is 58.1 Å². The lowest BCUT2D eigenvalue weighted by Gasteiger charge is -2.30. The Morgan fingerprint density at radius 2 is 1.74 bits per heavy atom. The second-order valence-electron chi connectivity index (χ2n) is 12.7. The van der Waals surface area contributed by atoms with Gasteiger partial charge in [0.05, 0.1) is 30.4 Å². The monoisotopic (exact) mass is 643 g/mol. The normalized spacial score (nSPS) is 30.8. The summed E-state index contributed by atoms with van der Waals surface area (Å²) < 4.78 is 22.1. The number of Topliss-reactive ketones (excluding diaryl/α,β-unsaturated/α-hetero) is 2. The molecule has 4 N–H and O–H groups in total. The molecule has 6 unspecified atom stereocenters. The van der Waals surface area contributed by atoms with Crippen molar-refractivity contribution in [1.82, 2.24) is 5.32 Å². The number of rotatable bonds is 5. The molecule has 6 atom stereocenters. The van der Waals surface area contributed by atoms with Crippen molar-refractivity contribution < 1.29 is 43.2 Å². The van der Waals surface area contributed by atoms with Gasteiger partial charge in [0, 0.05) is 37.5 Å². The number of aliphatic imine (C=N–C) groups is 1. The molecule has 1 heterocycles. The number of aliphatic hydroxyl groups is 1. The van der Waals surface area contributed by atoms with E-state index in [4.69, 9.17) is 24.7 Å². The summed E-state index contributed by atoms with van der Waals surface area (Å²) in [6.45, 7) is 12.4. The zero-order chi connectivity index (χ0) is 34.9. The zero-order valence-corrected chi connectivity index (χ0v) is 28.5. The van der Waals surface area contributed by atoms with Crippen LogP contribution in [0.25, 0.3) is 0 Å². The number of aliphatic hydroxyl groups excluding tert-OH is 1. The minimum absolute atomic E-state index is 0.0952. The molecule has 1 aliphatic carbocycles. The Balaban J connectivity index is 2.77. The molecule has 2 amide bonds. The fourth-order valence-electron chi connectivity index (χ4n) is 5.25. The summed E-state index contributed by atoms with van der Waals surface area (Å²) >= 11 is 0. The van der Waals surface area contributed by atoms with Gasteiger partial charge in [-0.1, -0.05) is 38.2 Å². The van der Waals surface area contributed by atoms with Crippen molar-refractivity contribution in [2.24, 2.45) is 22.6 Å². The van der Waals surface area contributed by atoms with E-state index in [0.717, 1.165) is 0 Å². The van der Waals surface area contributed by atoms with Crippen molar-refractivity contribution in [3.63, 3.8) is 0 Å². The number of ether oxygens (including phenoxy) is 4. The van der Waals surface area contributed by atoms with E-state index in [1.165, 1.54) is 33.6 Å². The van der Waals surface area contributed by atoms with Gasteiger partial charge in [0.1, 0.15) is 11.8 Å². The molecule has 0 spiro atoms. The minimum atomic E-state index is -1.01. The molecule has 2 aliphatic rings. The molecule has 254 valence electrons. The van der Waals surface area contributed by atoms with E-state index < -0.39 is 59.4 Å². The standard InChI is InChI=1S/C34H49N3O9/c1-18-14-22-28(39)26(23(17-36-34(5,6)7)29(40)31(22)45-10)37-32(41)19(2)12-11-13-24(43-8)30(46-33(35)42)21(4)16-20(3)27(38)25(15-18)44-9/h11-13,16-18,20,24-25,27,30,38H,14-15H2,1-10H3,(H2,35,42)(H,37,41)/b13-11+,19-12-,21-16+,36-17?. The third-order valence-corrected chi connectivity index (χ3v) is 7.72. The number of methoxy groups -OCH3 is 3. The van der Waals surface area contributed by atoms with Gasteiger partial charge in [-0.25, -0.2) is 4.79 Å². The predicted molar refractivity (Wildman–Crippen MR) is 174 cm³/mol. The first kappa shape index (κ1) is 38.3. The SMILES string of the molecule is COC1=C2CC(C)CC(OC)C(O)C(C)/C=C(\C)C(OC(N)=O)C(OC)/C=C/C=C(/C)C(=O)NC(=C(C=NC(C)(C)C)C1=O)C2=O. The molecule has 2 rings (SSSR count). The third kappa shape index (κ3) is 10.1. The Hall–Kier alpha value is -3.87. The number of ketones is 2. The van der Waals surface area contributed by atoms with E-state index in [1.54, 1.807) is 39.0 Å². The van der Waals surface area contributed by atoms with Gasteiger partial charge in [-0.3, -0.25) is 19.4 Å². The number of amides is 2. The van der Waals surface area contributed by atoms with Crippen LogP contribution in [0.3, 0.4) is 0 Å². The average Bonchev–Trinajstić information content (AvgIpc) is 2.97. The van der Waals surface area contributed by atoms with E-state index >= 15 is 0 Å². The Bertz CT molecular complexity index is 1360. The molecule has 0 saturated heterocycles. The van der Waals surface area contributed by atoms with Gasteiger partial charge < -0.3 is 35.1 Å². The number of carbonyl (C=O) groups excluding carboxylic acids is 4.